The summed E-state index contributed by atoms with van der Waals surface area (Å²) < 4.78 is 0.791. The van der Waals surface area contributed by atoms with Gasteiger partial charge < -0.3 is 0 Å². The molecule has 0 unspecified atom stereocenters. The number of thioether (sulfide) groups is 1. The second-order valence-corrected chi connectivity index (χ2v) is 11.2. The number of thiol groups is 1. The normalized spacial score (nSPS) is 11.1. The van der Waals surface area contributed by atoms with Crippen LogP contribution in [0.3, 0.4) is 0 Å². The highest BCUT2D eigenvalue weighted by molar-refractivity contribution is 8.41. The fraction of sp³-hybridized carbons (Fsp3) is 0.731. The molecule has 0 saturated carbocycles. The first-order chi connectivity index (χ1) is 14.3. The Balaban J connectivity index is 1.67. The van der Waals surface area contributed by atoms with Crippen molar-refractivity contribution in [1.29, 1.82) is 0 Å². The van der Waals surface area contributed by atoms with Gasteiger partial charge in [-0.25, -0.2) is 0 Å². The van der Waals surface area contributed by atoms with Crippen LogP contribution in [0, 0.1) is 0 Å². The van der Waals surface area contributed by atoms with Gasteiger partial charge in [-0.15, -0.1) is 24.4 Å². The molecule has 29 heavy (non-hydrogen) atoms. The van der Waals surface area contributed by atoms with Crippen LogP contribution in [0.15, 0.2) is 30.3 Å². The summed E-state index contributed by atoms with van der Waals surface area (Å²) in [6.45, 7) is 0. The van der Waals surface area contributed by atoms with Crippen LogP contribution in [-0.2, 0) is 6.42 Å². The molecule has 0 amide bonds. The molecule has 0 N–H and O–H groups in total. The number of aryl methyl sites for hydroxylation is 1. The van der Waals surface area contributed by atoms with E-state index in [1.54, 1.807) is 11.8 Å². The van der Waals surface area contributed by atoms with Crippen LogP contribution in [0.5, 0.6) is 0 Å². The predicted octanol–water partition coefficient (Wildman–Crippen LogP) is 9.81. The molecule has 1 rings (SSSR count). The summed E-state index contributed by atoms with van der Waals surface area (Å²) in [6.07, 6.45) is 25.4. The lowest BCUT2D eigenvalue weighted by Gasteiger charge is -2.04. The van der Waals surface area contributed by atoms with Crippen molar-refractivity contribution in [3.63, 3.8) is 0 Å². The van der Waals surface area contributed by atoms with E-state index in [4.69, 9.17) is 12.2 Å². The number of thiocarbonyl (C=S) groups is 1. The first-order valence-corrected chi connectivity index (χ1v) is 14.0. The van der Waals surface area contributed by atoms with Crippen LogP contribution in [0.25, 0.3) is 0 Å². The number of hydrogen-bond acceptors (Lipinski definition) is 2. The lowest BCUT2D eigenvalue weighted by atomic mass is 10.0. The zero-order chi connectivity index (χ0) is 20.8. The molecule has 1 aromatic carbocycles. The van der Waals surface area contributed by atoms with Crippen molar-refractivity contribution < 1.29 is 0 Å². The maximum atomic E-state index is 4.96. The topological polar surface area (TPSA) is 0 Å². The fourth-order valence-electron chi connectivity index (χ4n) is 3.89. The Bertz CT molecular complexity index is 472. The highest BCUT2D eigenvalue weighted by atomic mass is 32.2. The van der Waals surface area contributed by atoms with Gasteiger partial charge in [-0.1, -0.05) is 139 Å². The molecule has 0 atom stereocenters. The fourth-order valence-corrected chi connectivity index (χ4v) is 4.93. The van der Waals surface area contributed by atoms with Crippen molar-refractivity contribution in [3.05, 3.63) is 35.9 Å². The minimum Gasteiger partial charge on any atom is -0.125 e. The zero-order valence-corrected chi connectivity index (χ0v) is 21.1. The van der Waals surface area contributed by atoms with Crippen molar-refractivity contribution >= 4 is 40.1 Å². The largest absolute Gasteiger partial charge is 0.125 e. The summed E-state index contributed by atoms with van der Waals surface area (Å²) >= 11 is 10.8. The first-order valence-electron chi connectivity index (χ1n) is 12.2. The Hall–Kier alpha value is 0.01000. The third-order valence-electron chi connectivity index (χ3n) is 5.68. The molecule has 0 heterocycles. The molecule has 0 aromatic heterocycles. The monoisotopic (exact) mass is 452 g/mol. The minimum atomic E-state index is 0.791. The van der Waals surface area contributed by atoms with Gasteiger partial charge in [-0.05, 0) is 30.6 Å². The molecular weight excluding hydrogens is 408 g/mol. The van der Waals surface area contributed by atoms with Gasteiger partial charge in [0, 0.05) is 0 Å². The van der Waals surface area contributed by atoms with Crippen molar-refractivity contribution in [2.75, 3.05) is 5.75 Å². The van der Waals surface area contributed by atoms with Crippen LogP contribution in [0.1, 0.15) is 115 Å². The average molecular weight is 453 g/mol. The average Bonchev–Trinajstić information content (AvgIpc) is 2.73. The van der Waals surface area contributed by atoms with Crippen molar-refractivity contribution in [3.8, 4) is 0 Å². The van der Waals surface area contributed by atoms with Gasteiger partial charge >= 0.3 is 0 Å². The number of unbranched alkanes of at least 4 members (excludes halogenated alkanes) is 16. The molecule has 0 radical (unpaired) electrons. The van der Waals surface area contributed by atoms with E-state index in [-0.39, 0.29) is 0 Å². The Kier molecular flexibility index (Phi) is 19.8. The molecule has 0 bridgehead atoms. The molecule has 0 saturated heterocycles. The van der Waals surface area contributed by atoms with Gasteiger partial charge in [0.05, 0.1) is 0 Å². The van der Waals surface area contributed by atoms with Crippen LogP contribution in [0.2, 0.25) is 0 Å². The maximum absolute atomic E-state index is 4.96. The number of hydrogen-bond donors (Lipinski definition) is 1. The van der Waals surface area contributed by atoms with Gasteiger partial charge in [0.15, 0.2) is 0 Å². The molecule has 0 aliphatic rings. The summed E-state index contributed by atoms with van der Waals surface area (Å²) in [6, 6.07) is 10.9. The van der Waals surface area contributed by atoms with Crippen molar-refractivity contribution in [2.24, 2.45) is 0 Å². The van der Waals surface area contributed by atoms with Crippen molar-refractivity contribution in [1.82, 2.24) is 0 Å². The molecule has 0 spiro atoms. The summed E-state index contributed by atoms with van der Waals surface area (Å²) in [7, 11) is 0. The van der Waals surface area contributed by atoms with Gasteiger partial charge in [0.25, 0.3) is 0 Å². The van der Waals surface area contributed by atoms with Gasteiger partial charge in [-0.2, -0.15) is 0 Å². The standard InChI is InChI=1S/C26H44S3/c27-26(28)29-24-20-15-13-11-9-7-5-3-1-2-4-6-8-10-12-14-17-21-25-22-18-16-19-23-25/h16,18-19,22-23H,1-15,17,20-21,24H2,(H,27,28). The Morgan fingerprint density at radius 3 is 1.38 bits per heavy atom. The third-order valence-corrected chi connectivity index (χ3v) is 7.16. The van der Waals surface area contributed by atoms with E-state index in [2.05, 4.69) is 43.0 Å². The molecule has 166 valence electrons. The second-order valence-electron chi connectivity index (χ2n) is 8.36. The molecule has 3 heteroatoms. The summed E-state index contributed by atoms with van der Waals surface area (Å²) in [5, 5.41) is 0. The summed E-state index contributed by atoms with van der Waals surface area (Å²) in [5.74, 6) is 1.15. The number of benzene rings is 1. The molecular formula is C26H44S3. The van der Waals surface area contributed by atoms with E-state index in [1.807, 2.05) is 0 Å². The highest BCUT2D eigenvalue weighted by Crippen LogP contribution is 2.16. The predicted molar refractivity (Wildman–Crippen MR) is 143 cm³/mol. The molecule has 0 aliphatic carbocycles. The van der Waals surface area contributed by atoms with Gasteiger partial charge in [0.1, 0.15) is 3.53 Å². The molecule has 0 nitrogen and oxygen atoms in total. The van der Waals surface area contributed by atoms with E-state index in [0.29, 0.717) is 0 Å². The lowest BCUT2D eigenvalue weighted by molar-refractivity contribution is 0.527. The van der Waals surface area contributed by atoms with E-state index in [9.17, 15) is 0 Å². The van der Waals surface area contributed by atoms with Crippen LogP contribution in [-0.4, -0.2) is 9.28 Å². The van der Waals surface area contributed by atoms with E-state index < -0.39 is 0 Å². The highest BCUT2D eigenvalue weighted by Gasteiger charge is 1.96. The summed E-state index contributed by atoms with van der Waals surface area (Å²) in [5.41, 5.74) is 1.50. The van der Waals surface area contributed by atoms with Crippen LogP contribution < -0.4 is 0 Å². The Morgan fingerprint density at radius 2 is 0.966 bits per heavy atom. The molecule has 0 fully saturated rings. The zero-order valence-electron chi connectivity index (χ0n) is 18.6. The van der Waals surface area contributed by atoms with Gasteiger partial charge in [0.2, 0.25) is 0 Å². The molecule has 1 aromatic rings. The van der Waals surface area contributed by atoms with E-state index >= 15 is 0 Å². The molecule has 0 aliphatic heterocycles. The van der Waals surface area contributed by atoms with Crippen molar-refractivity contribution in [2.45, 2.75) is 116 Å². The Labute approximate surface area is 196 Å². The Morgan fingerprint density at radius 1 is 0.586 bits per heavy atom. The third kappa shape index (κ3) is 19.7. The van der Waals surface area contributed by atoms with Crippen LogP contribution in [0.4, 0.5) is 0 Å². The lowest BCUT2D eigenvalue weighted by Crippen LogP contribution is -1.86. The maximum Gasteiger partial charge on any atom is 0.101 e. The smallest absolute Gasteiger partial charge is 0.101 e. The minimum absolute atomic E-state index is 0.791. The SMILES string of the molecule is S=C(S)SCCCCCCCCCCCCCCCCCCCc1ccccc1. The van der Waals surface area contributed by atoms with E-state index in [1.165, 1.54) is 121 Å². The summed E-state index contributed by atoms with van der Waals surface area (Å²) in [4.78, 5) is 0. The quantitative estimate of drug-likeness (QED) is 0.119. The van der Waals surface area contributed by atoms with E-state index in [0.717, 1.165) is 9.28 Å². The number of rotatable bonds is 20. The van der Waals surface area contributed by atoms with Gasteiger partial charge in [-0.3, -0.25) is 0 Å². The van der Waals surface area contributed by atoms with Crippen LogP contribution >= 0.6 is 36.6 Å². The first kappa shape index (κ1) is 27.0. The second kappa shape index (κ2) is 21.2.